The van der Waals surface area contributed by atoms with Gasteiger partial charge in [-0.15, -0.1) is 0 Å². The van der Waals surface area contributed by atoms with Crippen molar-refractivity contribution in [3.05, 3.63) is 23.3 Å². The monoisotopic (exact) mass is 210 g/mol. The van der Waals surface area contributed by atoms with Crippen molar-refractivity contribution in [2.24, 2.45) is 0 Å². The van der Waals surface area contributed by atoms with Gasteiger partial charge in [-0.25, -0.2) is 0 Å². The Morgan fingerprint density at radius 1 is 1.40 bits per heavy atom. The Morgan fingerprint density at radius 3 is 2.60 bits per heavy atom. The number of hydrogen-bond acceptors (Lipinski definition) is 3. The van der Waals surface area contributed by atoms with Crippen molar-refractivity contribution >= 4 is 0 Å². The van der Waals surface area contributed by atoms with E-state index in [1.807, 2.05) is 13.8 Å². The van der Waals surface area contributed by atoms with Crippen LogP contribution in [0.4, 0.5) is 0 Å². The van der Waals surface area contributed by atoms with Crippen LogP contribution in [0.25, 0.3) is 0 Å². The molecule has 0 aliphatic carbocycles. The molecule has 1 rings (SSSR count). The summed E-state index contributed by atoms with van der Waals surface area (Å²) in [4.78, 5) is 0. The smallest absolute Gasteiger partial charge is 0.122 e. The first kappa shape index (κ1) is 11.9. The molecule has 0 aliphatic rings. The van der Waals surface area contributed by atoms with Crippen molar-refractivity contribution in [2.75, 3.05) is 7.11 Å². The normalized spacial score (nSPS) is 12.5. The molecule has 1 aromatic carbocycles. The van der Waals surface area contributed by atoms with E-state index in [-0.39, 0.29) is 11.9 Å². The van der Waals surface area contributed by atoms with Crippen molar-refractivity contribution in [3.63, 3.8) is 0 Å². The van der Waals surface area contributed by atoms with Crippen molar-refractivity contribution in [1.29, 1.82) is 0 Å². The Balaban J connectivity index is 3.06. The summed E-state index contributed by atoms with van der Waals surface area (Å²) in [6.45, 7) is 3.75. The summed E-state index contributed by atoms with van der Waals surface area (Å²) in [5.41, 5.74) is 1.66. The summed E-state index contributed by atoms with van der Waals surface area (Å²) in [5, 5.41) is 19.2. The van der Waals surface area contributed by atoms with E-state index >= 15 is 0 Å². The van der Waals surface area contributed by atoms with E-state index in [4.69, 9.17) is 4.74 Å². The Hall–Kier alpha value is -1.22. The lowest BCUT2D eigenvalue weighted by Crippen LogP contribution is -2.10. The van der Waals surface area contributed by atoms with E-state index in [1.165, 1.54) is 0 Å². The number of aliphatic hydroxyl groups is 1. The van der Waals surface area contributed by atoms with Crippen LogP contribution >= 0.6 is 0 Å². The lowest BCUT2D eigenvalue weighted by molar-refractivity contribution is 0.169. The molecule has 0 saturated heterocycles. The fourth-order valence-electron chi connectivity index (χ4n) is 1.54. The Kier molecular flexibility index (Phi) is 3.97. The molecule has 84 valence electrons. The van der Waals surface area contributed by atoms with Crippen LogP contribution in [-0.4, -0.2) is 23.4 Å². The molecule has 0 aliphatic heterocycles. The minimum Gasteiger partial charge on any atom is -0.508 e. The summed E-state index contributed by atoms with van der Waals surface area (Å²) in [6, 6.07) is 3.33. The molecule has 3 nitrogen and oxygen atoms in total. The van der Waals surface area contributed by atoms with E-state index in [0.717, 1.165) is 16.9 Å². The SMILES string of the molecule is CCC(O)Cc1c(OC)ccc(O)c1C. The van der Waals surface area contributed by atoms with Gasteiger partial charge in [-0.05, 0) is 31.0 Å². The second-order valence-corrected chi connectivity index (χ2v) is 3.66. The highest BCUT2D eigenvalue weighted by molar-refractivity contribution is 5.47. The van der Waals surface area contributed by atoms with Gasteiger partial charge in [-0.3, -0.25) is 0 Å². The average Bonchev–Trinajstić information content (AvgIpc) is 2.25. The quantitative estimate of drug-likeness (QED) is 0.799. The van der Waals surface area contributed by atoms with Gasteiger partial charge in [0.05, 0.1) is 13.2 Å². The zero-order chi connectivity index (χ0) is 11.4. The molecule has 1 atom stereocenters. The molecule has 1 aromatic rings. The predicted octanol–water partition coefficient (Wildman–Crippen LogP) is 2.02. The van der Waals surface area contributed by atoms with E-state index in [2.05, 4.69) is 0 Å². The first-order chi connectivity index (χ1) is 7.10. The zero-order valence-electron chi connectivity index (χ0n) is 9.45. The second kappa shape index (κ2) is 5.03. The minimum atomic E-state index is -0.389. The number of benzene rings is 1. The van der Waals surface area contributed by atoms with Gasteiger partial charge < -0.3 is 14.9 Å². The van der Waals surface area contributed by atoms with Gasteiger partial charge in [0, 0.05) is 12.0 Å². The Morgan fingerprint density at radius 2 is 2.07 bits per heavy atom. The second-order valence-electron chi connectivity index (χ2n) is 3.66. The molecule has 2 N–H and O–H groups in total. The topological polar surface area (TPSA) is 49.7 Å². The molecule has 0 amide bonds. The molecule has 15 heavy (non-hydrogen) atoms. The predicted molar refractivity (Wildman–Crippen MR) is 59.4 cm³/mol. The number of rotatable bonds is 4. The average molecular weight is 210 g/mol. The number of hydrogen-bond donors (Lipinski definition) is 2. The van der Waals surface area contributed by atoms with Crippen LogP contribution in [0.15, 0.2) is 12.1 Å². The van der Waals surface area contributed by atoms with E-state index < -0.39 is 0 Å². The third-order valence-electron chi connectivity index (χ3n) is 2.66. The van der Waals surface area contributed by atoms with Crippen molar-refractivity contribution in [3.8, 4) is 11.5 Å². The lowest BCUT2D eigenvalue weighted by Gasteiger charge is -2.15. The summed E-state index contributed by atoms with van der Waals surface area (Å²) in [5.74, 6) is 0.965. The molecular weight excluding hydrogens is 192 g/mol. The summed E-state index contributed by atoms with van der Waals surface area (Å²) in [7, 11) is 1.59. The van der Waals surface area contributed by atoms with Crippen LogP contribution in [0.3, 0.4) is 0 Å². The Labute approximate surface area is 90.3 Å². The third kappa shape index (κ3) is 2.63. The zero-order valence-corrected chi connectivity index (χ0v) is 9.45. The molecule has 0 radical (unpaired) electrons. The summed E-state index contributed by atoms with van der Waals surface area (Å²) >= 11 is 0. The molecule has 0 spiro atoms. The minimum absolute atomic E-state index is 0.245. The lowest BCUT2D eigenvalue weighted by atomic mass is 9.99. The highest BCUT2D eigenvalue weighted by Crippen LogP contribution is 2.30. The molecule has 0 aromatic heterocycles. The molecule has 0 saturated carbocycles. The van der Waals surface area contributed by atoms with Gasteiger partial charge in [-0.2, -0.15) is 0 Å². The number of aromatic hydroxyl groups is 1. The van der Waals surface area contributed by atoms with Crippen LogP contribution in [-0.2, 0) is 6.42 Å². The molecule has 3 heteroatoms. The van der Waals surface area contributed by atoms with Gasteiger partial charge in [0.15, 0.2) is 0 Å². The van der Waals surface area contributed by atoms with Gasteiger partial charge in [0.2, 0.25) is 0 Å². The highest BCUT2D eigenvalue weighted by Gasteiger charge is 2.13. The van der Waals surface area contributed by atoms with E-state index in [9.17, 15) is 10.2 Å². The van der Waals surface area contributed by atoms with Crippen molar-refractivity contribution in [1.82, 2.24) is 0 Å². The van der Waals surface area contributed by atoms with E-state index in [0.29, 0.717) is 12.8 Å². The van der Waals surface area contributed by atoms with Crippen molar-refractivity contribution < 1.29 is 14.9 Å². The summed E-state index contributed by atoms with van der Waals surface area (Å²) in [6.07, 6.45) is 0.817. The maximum absolute atomic E-state index is 9.61. The largest absolute Gasteiger partial charge is 0.508 e. The maximum Gasteiger partial charge on any atom is 0.122 e. The van der Waals surface area contributed by atoms with Crippen LogP contribution in [0.2, 0.25) is 0 Å². The number of phenols is 1. The standard InChI is InChI=1S/C12H18O3/c1-4-9(13)7-10-8(2)11(14)5-6-12(10)15-3/h5-6,9,13-14H,4,7H2,1-3H3. The number of ether oxygens (including phenoxy) is 1. The molecule has 1 unspecified atom stereocenters. The van der Waals surface area contributed by atoms with Gasteiger partial charge in [-0.1, -0.05) is 6.92 Å². The fraction of sp³-hybridized carbons (Fsp3) is 0.500. The van der Waals surface area contributed by atoms with Gasteiger partial charge in [0.25, 0.3) is 0 Å². The first-order valence-electron chi connectivity index (χ1n) is 5.13. The fourth-order valence-corrected chi connectivity index (χ4v) is 1.54. The number of aliphatic hydroxyl groups excluding tert-OH is 1. The van der Waals surface area contributed by atoms with Crippen LogP contribution < -0.4 is 4.74 Å². The maximum atomic E-state index is 9.61. The number of methoxy groups -OCH3 is 1. The highest BCUT2D eigenvalue weighted by atomic mass is 16.5. The van der Waals surface area contributed by atoms with Crippen LogP contribution in [0.5, 0.6) is 11.5 Å². The third-order valence-corrected chi connectivity index (χ3v) is 2.66. The van der Waals surface area contributed by atoms with Gasteiger partial charge in [0.1, 0.15) is 11.5 Å². The van der Waals surface area contributed by atoms with Crippen LogP contribution in [0, 0.1) is 6.92 Å². The molecule has 0 bridgehead atoms. The number of phenolic OH excluding ortho intramolecular Hbond substituents is 1. The first-order valence-corrected chi connectivity index (χ1v) is 5.13. The summed E-state index contributed by atoms with van der Waals surface area (Å²) < 4.78 is 5.20. The molecule has 0 heterocycles. The van der Waals surface area contributed by atoms with Gasteiger partial charge >= 0.3 is 0 Å². The van der Waals surface area contributed by atoms with Crippen LogP contribution in [0.1, 0.15) is 24.5 Å². The van der Waals surface area contributed by atoms with E-state index in [1.54, 1.807) is 19.2 Å². The Bertz CT molecular complexity index is 334. The molecular formula is C12H18O3. The van der Waals surface area contributed by atoms with Crippen molar-refractivity contribution in [2.45, 2.75) is 32.8 Å². The molecule has 0 fully saturated rings.